The number of rotatable bonds is 7. The molecule has 6 nitrogen and oxygen atoms in total. The van der Waals surface area contributed by atoms with Crippen LogP contribution in [0.3, 0.4) is 0 Å². The number of amides is 1. The van der Waals surface area contributed by atoms with E-state index in [1.165, 1.54) is 31.4 Å². The summed E-state index contributed by atoms with van der Waals surface area (Å²) in [5.74, 6) is -0.961. The average Bonchev–Trinajstić information content (AvgIpc) is 2.79. The highest BCUT2D eigenvalue weighted by molar-refractivity contribution is 5.94. The summed E-state index contributed by atoms with van der Waals surface area (Å²) in [4.78, 5) is 36.6. The minimum Gasteiger partial charge on any atom is -0.465 e. The lowest BCUT2D eigenvalue weighted by Gasteiger charge is -2.19. The summed E-state index contributed by atoms with van der Waals surface area (Å²) in [6.45, 7) is 0. The normalized spacial score (nSPS) is 11.2. The maximum Gasteiger partial charge on any atom is 0.337 e. The van der Waals surface area contributed by atoms with E-state index in [0.29, 0.717) is 16.9 Å². The van der Waals surface area contributed by atoms with Crippen molar-refractivity contribution in [3.63, 3.8) is 0 Å². The molecular formula is C24H21NO5. The molecule has 152 valence electrons. The summed E-state index contributed by atoms with van der Waals surface area (Å²) in [7, 11) is 1.30. The van der Waals surface area contributed by atoms with Crippen LogP contribution in [-0.4, -0.2) is 25.0 Å². The van der Waals surface area contributed by atoms with Crippen LogP contribution in [0, 0.1) is 0 Å². The predicted octanol–water partition coefficient (Wildman–Crippen LogP) is 3.94. The zero-order valence-electron chi connectivity index (χ0n) is 16.4. The molecule has 0 saturated carbocycles. The molecule has 3 aromatic carbocycles. The van der Waals surface area contributed by atoms with E-state index in [9.17, 15) is 14.4 Å². The highest BCUT2D eigenvalue weighted by Crippen LogP contribution is 2.20. The number of hydrogen-bond acceptors (Lipinski definition) is 5. The van der Waals surface area contributed by atoms with Crippen molar-refractivity contribution in [3.8, 4) is 5.75 Å². The molecule has 0 aliphatic carbocycles. The maximum atomic E-state index is 12.6. The first kappa shape index (κ1) is 20.8. The monoisotopic (exact) mass is 403 g/mol. The quantitative estimate of drug-likeness (QED) is 0.477. The lowest BCUT2D eigenvalue weighted by Crippen LogP contribution is -2.31. The zero-order valence-corrected chi connectivity index (χ0v) is 16.4. The minimum atomic E-state index is -0.555. The highest BCUT2D eigenvalue weighted by Gasteiger charge is 2.20. The fourth-order valence-corrected chi connectivity index (χ4v) is 2.89. The van der Waals surface area contributed by atoms with E-state index in [-0.39, 0.29) is 12.3 Å². The van der Waals surface area contributed by atoms with Gasteiger partial charge in [-0.05, 0) is 42.0 Å². The SMILES string of the molecule is COC(=O)c1ccc(OC(=O)C[C@@H](NC(=O)c2ccccc2)c2ccccc2)cc1. The van der Waals surface area contributed by atoms with Crippen molar-refractivity contribution < 1.29 is 23.9 Å². The number of methoxy groups -OCH3 is 1. The Kier molecular flexibility index (Phi) is 6.95. The molecule has 0 heterocycles. The van der Waals surface area contributed by atoms with Crippen LogP contribution in [0.25, 0.3) is 0 Å². The van der Waals surface area contributed by atoms with Gasteiger partial charge in [-0.2, -0.15) is 0 Å². The van der Waals surface area contributed by atoms with Crippen molar-refractivity contribution in [3.05, 3.63) is 102 Å². The van der Waals surface area contributed by atoms with Gasteiger partial charge in [-0.15, -0.1) is 0 Å². The molecule has 1 N–H and O–H groups in total. The molecule has 3 rings (SSSR count). The lowest BCUT2D eigenvalue weighted by molar-refractivity contribution is -0.134. The second-order valence-electron chi connectivity index (χ2n) is 6.50. The van der Waals surface area contributed by atoms with Gasteiger partial charge in [0.15, 0.2) is 0 Å². The van der Waals surface area contributed by atoms with Gasteiger partial charge in [0.05, 0.1) is 25.1 Å². The van der Waals surface area contributed by atoms with Gasteiger partial charge in [0.25, 0.3) is 5.91 Å². The average molecular weight is 403 g/mol. The Morgan fingerprint density at radius 1 is 0.800 bits per heavy atom. The molecule has 6 heteroatoms. The molecule has 0 aliphatic rings. The number of hydrogen-bond donors (Lipinski definition) is 1. The Morgan fingerprint density at radius 3 is 2.00 bits per heavy atom. The smallest absolute Gasteiger partial charge is 0.337 e. The van der Waals surface area contributed by atoms with Crippen molar-refractivity contribution in [1.82, 2.24) is 5.32 Å². The molecule has 3 aromatic rings. The van der Waals surface area contributed by atoms with E-state index in [4.69, 9.17) is 4.74 Å². The second kappa shape index (κ2) is 10.0. The van der Waals surface area contributed by atoms with Gasteiger partial charge in [0, 0.05) is 5.56 Å². The van der Waals surface area contributed by atoms with Gasteiger partial charge >= 0.3 is 11.9 Å². The molecule has 0 unspecified atom stereocenters. The molecule has 0 spiro atoms. The van der Waals surface area contributed by atoms with E-state index < -0.39 is 18.0 Å². The summed E-state index contributed by atoms with van der Waals surface area (Å²) in [5.41, 5.74) is 1.65. The zero-order chi connectivity index (χ0) is 21.3. The van der Waals surface area contributed by atoms with Crippen LogP contribution in [-0.2, 0) is 9.53 Å². The Balaban J connectivity index is 1.70. The summed E-state index contributed by atoms with van der Waals surface area (Å²) in [5, 5.41) is 2.90. The molecular weight excluding hydrogens is 382 g/mol. The molecule has 0 aliphatic heterocycles. The molecule has 0 radical (unpaired) electrons. The first-order valence-corrected chi connectivity index (χ1v) is 9.36. The summed E-state index contributed by atoms with van der Waals surface area (Å²) in [6, 6.07) is 23.5. The van der Waals surface area contributed by atoms with Crippen molar-refractivity contribution >= 4 is 17.8 Å². The van der Waals surface area contributed by atoms with E-state index in [0.717, 1.165) is 5.56 Å². The Morgan fingerprint density at radius 2 is 1.40 bits per heavy atom. The third-order valence-electron chi connectivity index (χ3n) is 4.42. The summed E-state index contributed by atoms with van der Waals surface area (Å²) in [6.07, 6.45) is -0.0542. The maximum absolute atomic E-state index is 12.6. The number of carbonyl (C=O) groups is 3. The lowest BCUT2D eigenvalue weighted by atomic mass is 10.0. The van der Waals surface area contributed by atoms with Crippen LogP contribution in [0.2, 0.25) is 0 Å². The predicted molar refractivity (Wildman–Crippen MR) is 111 cm³/mol. The summed E-state index contributed by atoms with van der Waals surface area (Å²) >= 11 is 0. The van der Waals surface area contributed by atoms with Crippen LogP contribution < -0.4 is 10.1 Å². The molecule has 0 fully saturated rings. The van der Waals surface area contributed by atoms with Gasteiger partial charge in [-0.1, -0.05) is 48.5 Å². The third-order valence-corrected chi connectivity index (χ3v) is 4.42. The third kappa shape index (κ3) is 5.54. The fourth-order valence-electron chi connectivity index (χ4n) is 2.89. The van der Waals surface area contributed by atoms with Crippen LogP contribution in [0.5, 0.6) is 5.75 Å². The van der Waals surface area contributed by atoms with E-state index >= 15 is 0 Å². The van der Waals surface area contributed by atoms with Gasteiger partial charge in [-0.3, -0.25) is 9.59 Å². The minimum absolute atomic E-state index is 0.0542. The molecule has 30 heavy (non-hydrogen) atoms. The largest absolute Gasteiger partial charge is 0.465 e. The van der Waals surface area contributed by atoms with Crippen LogP contribution in [0.15, 0.2) is 84.9 Å². The summed E-state index contributed by atoms with van der Waals surface area (Å²) < 4.78 is 10.0. The first-order chi connectivity index (χ1) is 14.6. The van der Waals surface area contributed by atoms with Gasteiger partial charge < -0.3 is 14.8 Å². The van der Waals surface area contributed by atoms with Crippen molar-refractivity contribution in [2.75, 3.05) is 7.11 Å². The van der Waals surface area contributed by atoms with E-state index in [1.807, 2.05) is 36.4 Å². The van der Waals surface area contributed by atoms with Crippen LogP contribution >= 0.6 is 0 Å². The Bertz CT molecular complexity index is 1000. The van der Waals surface area contributed by atoms with Gasteiger partial charge in [-0.25, -0.2) is 4.79 Å². The van der Waals surface area contributed by atoms with Crippen LogP contribution in [0.1, 0.15) is 38.7 Å². The second-order valence-corrected chi connectivity index (χ2v) is 6.50. The van der Waals surface area contributed by atoms with Crippen molar-refractivity contribution in [2.45, 2.75) is 12.5 Å². The topological polar surface area (TPSA) is 81.7 Å². The Hall–Kier alpha value is -3.93. The van der Waals surface area contributed by atoms with Crippen molar-refractivity contribution in [2.24, 2.45) is 0 Å². The Labute approximate surface area is 174 Å². The van der Waals surface area contributed by atoms with Crippen molar-refractivity contribution in [1.29, 1.82) is 0 Å². The van der Waals surface area contributed by atoms with Gasteiger partial charge in [0.1, 0.15) is 5.75 Å². The molecule has 0 aromatic heterocycles. The number of carbonyl (C=O) groups excluding carboxylic acids is 3. The highest BCUT2D eigenvalue weighted by atomic mass is 16.5. The molecule has 0 saturated heterocycles. The van der Waals surface area contributed by atoms with E-state index in [2.05, 4.69) is 10.1 Å². The molecule has 1 amide bonds. The number of esters is 2. The standard InChI is InChI=1S/C24H21NO5/c1-29-24(28)19-12-14-20(15-13-19)30-22(26)16-21(17-8-4-2-5-9-17)25-23(27)18-10-6-3-7-11-18/h2-15,21H,16H2,1H3,(H,25,27)/t21-/m1/s1. The van der Waals surface area contributed by atoms with Crippen LogP contribution in [0.4, 0.5) is 0 Å². The fraction of sp³-hybridized carbons (Fsp3) is 0.125. The molecule has 0 bridgehead atoms. The first-order valence-electron chi connectivity index (χ1n) is 9.36. The van der Waals surface area contributed by atoms with E-state index in [1.54, 1.807) is 24.3 Å². The van der Waals surface area contributed by atoms with Gasteiger partial charge in [0.2, 0.25) is 0 Å². The number of nitrogens with one attached hydrogen (secondary N) is 1. The number of ether oxygens (including phenoxy) is 2. The molecule has 1 atom stereocenters. The number of benzene rings is 3.